The fourth-order valence-corrected chi connectivity index (χ4v) is 2.82. The summed E-state index contributed by atoms with van der Waals surface area (Å²) in [5, 5.41) is -0.879. The summed E-state index contributed by atoms with van der Waals surface area (Å²) in [5.74, 6) is 0.263. The second-order valence-corrected chi connectivity index (χ2v) is 5.39. The molecule has 0 saturated heterocycles. The lowest BCUT2D eigenvalue weighted by molar-refractivity contribution is 0.123. The molecule has 0 bridgehead atoms. The van der Waals surface area contributed by atoms with Gasteiger partial charge in [-0.2, -0.15) is 0 Å². The number of phosphoric acid groups is 1. The first-order chi connectivity index (χ1) is 5.75. The Morgan fingerprint density at radius 3 is 2.15 bits per heavy atom. The van der Waals surface area contributed by atoms with E-state index in [4.69, 9.17) is 33.0 Å². The van der Waals surface area contributed by atoms with Crippen molar-refractivity contribution in [3.8, 4) is 0 Å². The van der Waals surface area contributed by atoms with E-state index in [1.165, 1.54) is 0 Å². The van der Waals surface area contributed by atoms with Crippen molar-refractivity contribution >= 4 is 47.0 Å². The molecule has 0 aliphatic carbocycles. The van der Waals surface area contributed by atoms with E-state index in [0.29, 0.717) is 0 Å². The Labute approximate surface area is 94.9 Å². The zero-order chi connectivity index (χ0) is 10.7. The van der Waals surface area contributed by atoms with Crippen molar-refractivity contribution in [3.63, 3.8) is 0 Å². The van der Waals surface area contributed by atoms with Gasteiger partial charge in [-0.3, -0.25) is 4.52 Å². The summed E-state index contributed by atoms with van der Waals surface area (Å²) in [4.78, 5) is 17.0. The lowest BCUT2D eigenvalue weighted by Crippen LogP contribution is -2.33. The molecule has 80 valence electrons. The highest BCUT2D eigenvalue weighted by Crippen LogP contribution is 2.44. The van der Waals surface area contributed by atoms with Gasteiger partial charge in [-0.15, -0.1) is 23.2 Å². The third-order valence-corrected chi connectivity index (χ3v) is 4.68. The molecule has 0 aliphatic rings. The van der Waals surface area contributed by atoms with Gasteiger partial charge >= 0.3 is 7.82 Å². The predicted molar refractivity (Wildman–Crippen MR) is 55.4 cm³/mol. The Morgan fingerprint density at radius 2 is 1.92 bits per heavy atom. The molecular weight excluding hydrogens is 306 g/mol. The van der Waals surface area contributed by atoms with Gasteiger partial charge in [0.25, 0.3) is 0 Å². The highest BCUT2D eigenvalue weighted by Gasteiger charge is 2.36. The number of hydrogen-bond acceptors (Lipinski definition) is 2. The summed E-state index contributed by atoms with van der Waals surface area (Å²) in [5.41, 5.74) is -0.718. The molecule has 13 heavy (non-hydrogen) atoms. The molecular formula is C5H10BrCl2O4P. The van der Waals surface area contributed by atoms with Crippen LogP contribution in [0.3, 0.4) is 0 Å². The Balaban J connectivity index is 4.40. The second-order valence-electron chi connectivity index (χ2n) is 2.83. The molecule has 0 fully saturated rings. The standard InChI is InChI=1S/C5H10BrCl2O4P/c1-5(2-7,3-8)4(6)12-13(9,10)11/h4H,2-3H2,1H3,(H2,9,10,11). The minimum atomic E-state index is -4.51. The summed E-state index contributed by atoms with van der Waals surface area (Å²) in [6.45, 7) is 1.65. The highest BCUT2D eigenvalue weighted by molar-refractivity contribution is 9.09. The van der Waals surface area contributed by atoms with Crippen LogP contribution in [0.1, 0.15) is 6.92 Å². The third kappa shape index (κ3) is 4.98. The normalized spacial score (nSPS) is 15.8. The van der Waals surface area contributed by atoms with Crippen LogP contribution in [0.5, 0.6) is 0 Å². The number of phosphoric ester groups is 1. The first-order valence-electron chi connectivity index (χ1n) is 3.25. The molecule has 1 atom stereocenters. The number of rotatable bonds is 5. The van der Waals surface area contributed by atoms with Gasteiger partial charge in [-0.05, 0) is 0 Å². The fourth-order valence-electron chi connectivity index (χ4n) is 0.405. The number of halogens is 3. The van der Waals surface area contributed by atoms with Crippen LogP contribution in [0, 0.1) is 5.41 Å². The SMILES string of the molecule is CC(CCl)(CCl)C(Br)OP(=O)(O)O. The van der Waals surface area contributed by atoms with Crippen LogP contribution >= 0.6 is 47.0 Å². The predicted octanol–water partition coefficient (Wildman–Crippen LogP) is 2.30. The molecule has 0 aliphatic heterocycles. The highest BCUT2D eigenvalue weighted by atomic mass is 79.9. The molecule has 0 aromatic rings. The summed E-state index contributed by atoms with van der Waals surface area (Å²) < 4.78 is 14.9. The van der Waals surface area contributed by atoms with Gasteiger partial charge in [0.05, 0.1) is 0 Å². The molecule has 0 heterocycles. The summed E-state index contributed by atoms with van der Waals surface area (Å²) in [7, 11) is -4.51. The smallest absolute Gasteiger partial charge is 0.303 e. The van der Waals surface area contributed by atoms with Gasteiger partial charge < -0.3 is 9.79 Å². The minimum Gasteiger partial charge on any atom is -0.303 e. The summed E-state index contributed by atoms with van der Waals surface area (Å²) in [6.07, 6.45) is 0. The molecule has 0 radical (unpaired) electrons. The van der Waals surface area contributed by atoms with E-state index in [0.717, 1.165) is 0 Å². The van der Waals surface area contributed by atoms with Crippen molar-refractivity contribution in [1.29, 1.82) is 0 Å². The molecule has 0 saturated carbocycles. The molecule has 1 unspecified atom stereocenters. The molecule has 8 heteroatoms. The van der Waals surface area contributed by atoms with Crippen LogP contribution in [0.2, 0.25) is 0 Å². The summed E-state index contributed by atoms with van der Waals surface area (Å²) >= 11 is 14.1. The third-order valence-electron chi connectivity index (χ3n) is 1.39. The van der Waals surface area contributed by atoms with E-state index in [9.17, 15) is 4.57 Å². The molecule has 0 aromatic carbocycles. The lowest BCUT2D eigenvalue weighted by atomic mass is 9.98. The van der Waals surface area contributed by atoms with E-state index < -0.39 is 18.3 Å². The molecule has 0 amide bonds. The fraction of sp³-hybridized carbons (Fsp3) is 1.00. The van der Waals surface area contributed by atoms with E-state index >= 15 is 0 Å². The minimum absolute atomic E-state index is 0.131. The van der Waals surface area contributed by atoms with Crippen molar-refractivity contribution in [3.05, 3.63) is 0 Å². The van der Waals surface area contributed by atoms with Gasteiger partial charge in [-0.1, -0.05) is 22.9 Å². The summed E-state index contributed by atoms with van der Waals surface area (Å²) in [6, 6.07) is 0. The van der Waals surface area contributed by atoms with Gasteiger partial charge in [0, 0.05) is 17.2 Å². The lowest BCUT2D eigenvalue weighted by Gasteiger charge is -2.29. The molecule has 0 rings (SSSR count). The molecule has 0 aromatic heterocycles. The second kappa shape index (κ2) is 5.31. The zero-order valence-corrected chi connectivity index (χ0v) is 10.8. The van der Waals surface area contributed by atoms with Crippen LogP contribution in [0.4, 0.5) is 0 Å². The first kappa shape index (κ1) is 14.2. The van der Waals surface area contributed by atoms with Crippen molar-refractivity contribution in [2.45, 2.75) is 11.9 Å². The molecule has 2 N–H and O–H groups in total. The van der Waals surface area contributed by atoms with Crippen molar-refractivity contribution < 1.29 is 18.9 Å². The Bertz CT molecular complexity index is 205. The Morgan fingerprint density at radius 1 is 1.54 bits per heavy atom. The van der Waals surface area contributed by atoms with Gasteiger partial charge in [0.15, 0.2) is 0 Å². The first-order valence-corrected chi connectivity index (χ1v) is 6.76. The Hall–Kier alpha value is 1.17. The van der Waals surface area contributed by atoms with Crippen LogP contribution in [0.25, 0.3) is 0 Å². The average molecular weight is 316 g/mol. The molecule has 0 spiro atoms. The van der Waals surface area contributed by atoms with Gasteiger partial charge in [-0.25, -0.2) is 4.57 Å². The number of alkyl halides is 3. The number of hydrogen-bond donors (Lipinski definition) is 2. The monoisotopic (exact) mass is 314 g/mol. The van der Waals surface area contributed by atoms with E-state index in [2.05, 4.69) is 20.5 Å². The van der Waals surface area contributed by atoms with Crippen molar-refractivity contribution in [2.75, 3.05) is 11.8 Å². The van der Waals surface area contributed by atoms with E-state index in [1.807, 2.05) is 0 Å². The van der Waals surface area contributed by atoms with Crippen molar-refractivity contribution in [2.24, 2.45) is 5.41 Å². The van der Waals surface area contributed by atoms with Gasteiger partial charge in [0.2, 0.25) is 0 Å². The van der Waals surface area contributed by atoms with Crippen LogP contribution in [0.15, 0.2) is 0 Å². The van der Waals surface area contributed by atoms with E-state index in [1.54, 1.807) is 6.92 Å². The maximum atomic E-state index is 10.5. The quantitative estimate of drug-likeness (QED) is 0.603. The van der Waals surface area contributed by atoms with Gasteiger partial charge in [0.1, 0.15) is 5.01 Å². The molecule has 4 nitrogen and oxygen atoms in total. The van der Waals surface area contributed by atoms with Crippen molar-refractivity contribution in [1.82, 2.24) is 0 Å². The zero-order valence-electron chi connectivity index (χ0n) is 6.78. The van der Waals surface area contributed by atoms with Crippen LogP contribution in [-0.2, 0) is 9.09 Å². The Kier molecular flexibility index (Phi) is 5.79. The van der Waals surface area contributed by atoms with Crippen LogP contribution < -0.4 is 0 Å². The maximum Gasteiger partial charge on any atom is 0.470 e. The average Bonchev–Trinajstić information content (AvgIpc) is 2.00. The topological polar surface area (TPSA) is 66.8 Å². The largest absolute Gasteiger partial charge is 0.470 e. The van der Waals surface area contributed by atoms with Crippen LogP contribution in [-0.4, -0.2) is 26.6 Å². The maximum absolute atomic E-state index is 10.5. The van der Waals surface area contributed by atoms with E-state index in [-0.39, 0.29) is 11.8 Å².